The minimum absolute atomic E-state index is 0.564. The maximum atomic E-state index is 5.29. The standard InChI is InChI=1S/C16H17NO3/c1-18-14-9-13(10-15(19-2)16(14)20-3)17-11-12-7-5-4-6-8-12/h4-11H,1-3H3. The molecule has 2 rings (SSSR count). The van der Waals surface area contributed by atoms with Gasteiger partial charge in [-0.15, -0.1) is 0 Å². The summed E-state index contributed by atoms with van der Waals surface area (Å²) >= 11 is 0. The van der Waals surface area contributed by atoms with Crippen molar-refractivity contribution in [2.24, 2.45) is 4.99 Å². The average molecular weight is 271 g/mol. The summed E-state index contributed by atoms with van der Waals surface area (Å²) < 4.78 is 15.9. The fourth-order valence-corrected chi connectivity index (χ4v) is 1.83. The molecule has 0 fully saturated rings. The molecule has 4 heteroatoms. The summed E-state index contributed by atoms with van der Waals surface area (Å²) in [6, 6.07) is 13.5. The molecule has 0 heterocycles. The van der Waals surface area contributed by atoms with E-state index in [0.717, 1.165) is 11.3 Å². The number of rotatable bonds is 5. The lowest BCUT2D eigenvalue weighted by atomic mass is 10.2. The molecule has 0 unspecified atom stereocenters. The molecule has 0 saturated heterocycles. The summed E-state index contributed by atoms with van der Waals surface area (Å²) in [5.41, 5.74) is 1.77. The molecule has 0 N–H and O–H groups in total. The van der Waals surface area contributed by atoms with Crippen LogP contribution in [-0.4, -0.2) is 27.5 Å². The highest BCUT2D eigenvalue weighted by atomic mass is 16.5. The Balaban J connectivity index is 2.35. The number of hydrogen-bond donors (Lipinski definition) is 0. The van der Waals surface area contributed by atoms with Gasteiger partial charge in [0, 0.05) is 18.3 Å². The molecule has 104 valence electrons. The highest BCUT2D eigenvalue weighted by molar-refractivity contribution is 5.82. The zero-order chi connectivity index (χ0) is 14.4. The van der Waals surface area contributed by atoms with Gasteiger partial charge >= 0.3 is 0 Å². The summed E-state index contributed by atoms with van der Waals surface area (Å²) in [6.07, 6.45) is 1.79. The number of aliphatic imine (C=N–C) groups is 1. The van der Waals surface area contributed by atoms with Gasteiger partial charge in [-0.1, -0.05) is 30.3 Å². The summed E-state index contributed by atoms with van der Waals surface area (Å²) in [5, 5.41) is 0. The SMILES string of the molecule is COc1cc(N=Cc2ccccc2)cc(OC)c1OC. The van der Waals surface area contributed by atoms with Crippen molar-refractivity contribution < 1.29 is 14.2 Å². The third kappa shape index (κ3) is 3.09. The van der Waals surface area contributed by atoms with E-state index in [9.17, 15) is 0 Å². The Morgan fingerprint density at radius 3 is 1.95 bits per heavy atom. The van der Waals surface area contributed by atoms with Crippen LogP contribution in [0.5, 0.6) is 17.2 Å². The lowest BCUT2D eigenvalue weighted by Crippen LogP contribution is -1.94. The van der Waals surface area contributed by atoms with Gasteiger partial charge in [-0.25, -0.2) is 0 Å². The van der Waals surface area contributed by atoms with Crippen molar-refractivity contribution in [1.29, 1.82) is 0 Å². The van der Waals surface area contributed by atoms with Crippen LogP contribution in [0.2, 0.25) is 0 Å². The van der Waals surface area contributed by atoms with Gasteiger partial charge in [0.2, 0.25) is 5.75 Å². The molecule has 0 radical (unpaired) electrons. The zero-order valence-corrected chi connectivity index (χ0v) is 11.8. The Bertz CT molecular complexity index is 569. The number of ether oxygens (including phenoxy) is 3. The molecule has 2 aromatic rings. The van der Waals surface area contributed by atoms with Crippen LogP contribution < -0.4 is 14.2 Å². The fourth-order valence-electron chi connectivity index (χ4n) is 1.83. The predicted molar refractivity (Wildman–Crippen MR) is 79.8 cm³/mol. The van der Waals surface area contributed by atoms with Gasteiger partial charge in [0.15, 0.2) is 11.5 Å². The lowest BCUT2D eigenvalue weighted by molar-refractivity contribution is 0.324. The van der Waals surface area contributed by atoms with Crippen LogP contribution in [0.1, 0.15) is 5.56 Å². The first kappa shape index (κ1) is 13.9. The van der Waals surface area contributed by atoms with Crippen LogP contribution in [0.3, 0.4) is 0 Å². The smallest absolute Gasteiger partial charge is 0.203 e. The zero-order valence-electron chi connectivity index (χ0n) is 11.8. The Morgan fingerprint density at radius 2 is 1.45 bits per heavy atom. The third-order valence-electron chi connectivity index (χ3n) is 2.81. The van der Waals surface area contributed by atoms with E-state index in [-0.39, 0.29) is 0 Å². The third-order valence-corrected chi connectivity index (χ3v) is 2.81. The van der Waals surface area contributed by atoms with Crippen LogP contribution >= 0.6 is 0 Å². The van der Waals surface area contributed by atoms with Gasteiger partial charge in [0.25, 0.3) is 0 Å². The van der Waals surface area contributed by atoms with E-state index in [0.29, 0.717) is 17.2 Å². The number of nitrogens with zero attached hydrogens (tertiary/aromatic N) is 1. The normalized spacial score (nSPS) is 10.6. The molecule has 0 saturated carbocycles. The molecule has 0 atom stereocenters. The predicted octanol–water partition coefficient (Wildman–Crippen LogP) is 3.46. The molecule has 0 aliphatic carbocycles. The van der Waals surface area contributed by atoms with Gasteiger partial charge in [-0.3, -0.25) is 4.99 Å². The van der Waals surface area contributed by atoms with E-state index in [1.165, 1.54) is 0 Å². The molecule has 0 spiro atoms. The highest BCUT2D eigenvalue weighted by Crippen LogP contribution is 2.40. The minimum atomic E-state index is 0.564. The second kappa shape index (κ2) is 6.61. The first-order valence-electron chi connectivity index (χ1n) is 6.17. The summed E-state index contributed by atoms with van der Waals surface area (Å²) in [7, 11) is 4.75. The average Bonchev–Trinajstić information content (AvgIpc) is 2.52. The van der Waals surface area contributed by atoms with Crippen LogP contribution in [0, 0.1) is 0 Å². The van der Waals surface area contributed by atoms with E-state index in [2.05, 4.69) is 4.99 Å². The van der Waals surface area contributed by atoms with Crippen LogP contribution in [-0.2, 0) is 0 Å². The topological polar surface area (TPSA) is 40.0 Å². The maximum Gasteiger partial charge on any atom is 0.203 e. The molecular formula is C16H17NO3. The van der Waals surface area contributed by atoms with Crippen molar-refractivity contribution in [2.75, 3.05) is 21.3 Å². The van der Waals surface area contributed by atoms with Crippen molar-refractivity contribution in [1.82, 2.24) is 0 Å². The van der Waals surface area contributed by atoms with E-state index in [1.54, 1.807) is 39.7 Å². The van der Waals surface area contributed by atoms with Crippen LogP contribution in [0.15, 0.2) is 47.5 Å². The van der Waals surface area contributed by atoms with Gasteiger partial charge < -0.3 is 14.2 Å². The number of hydrogen-bond acceptors (Lipinski definition) is 4. The lowest BCUT2D eigenvalue weighted by Gasteiger charge is -2.12. The summed E-state index contributed by atoms with van der Waals surface area (Å²) in [6.45, 7) is 0. The van der Waals surface area contributed by atoms with Crippen molar-refractivity contribution in [3.8, 4) is 17.2 Å². The van der Waals surface area contributed by atoms with Crippen molar-refractivity contribution in [2.45, 2.75) is 0 Å². The number of benzene rings is 2. The molecule has 0 aliphatic rings. The Morgan fingerprint density at radius 1 is 0.850 bits per heavy atom. The first-order chi connectivity index (χ1) is 9.78. The van der Waals surface area contributed by atoms with Crippen molar-refractivity contribution >= 4 is 11.9 Å². The minimum Gasteiger partial charge on any atom is -0.493 e. The molecule has 0 aromatic heterocycles. The largest absolute Gasteiger partial charge is 0.493 e. The van der Waals surface area contributed by atoms with Crippen LogP contribution in [0.25, 0.3) is 0 Å². The molecule has 20 heavy (non-hydrogen) atoms. The molecule has 2 aromatic carbocycles. The summed E-state index contributed by atoms with van der Waals surface area (Å²) in [5.74, 6) is 1.74. The monoisotopic (exact) mass is 271 g/mol. The highest BCUT2D eigenvalue weighted by Gasteiger charge is 2.12. The molecular weight excluding hydrogens is 254 g/mol. The first-order valence-corrected chi connectivity index (χ1v) is 6.17. The van der Waals surface area contributed by atoms with Crippen molar-refractivity contribution in [3.05, 3.63) is 48.0 Å². The Labute approximate surface area is 118 Å². The maximum absolute atomic E-state index is 5.29. The quantitative estimate of drug-likeness (QED) is 0.782. The summed E-state index contributed by atoms with van der Waals surface area (Å²) in [4.78, 5) is 4.43. The number of methoxy groups -OCH3 is 3. The fraction of sp³-hybridized carbons (Fsp3) is 0.188. The van der Waals surface area contributed by atoms with E-state index in [1.807, 2.05) is 30.3 Å². The van der Waals surface area contributed by atoms with Gasteiger partial charge in [-0.2, -0.15) is 0 Å². The Hall–Kier alpha value is -2.49. The molecule has 0 aliphatic heterocycles. The Kier molecular flexibility index (Phi) is 4.60. The second-order valence-corrected chi connectivity index (χ2v) is 4.05. The second-order valence-electron chi connectivity index (χ2n) is 4.05. The van der Waals surface area contributed by atoms with E-state index in [4.69, 9.17) is 14.2 Å². The molecule has 0 amide bonds. The van der Waals surface area contributed by atoms with Gasteiger partial charge in [-0.05, 0) is 5.56 Å². The van der Waals surface area contributed by atoms with E-state index >= 15 is 0 Å². The van der Waals surface area contributed by atoms with E-state index < -0.39 is 0 Å². The van der Waals surface area contributed by atoms with Crippen molar-refractivity contribution in [3.63, 3.8) is 0 Å². The van der Waals surface area contributed by atoms with Gasteiger partial charge in [0.1, 0.15) is 0 Å². The molecule has 0 bridgehead atoms. The van der Waals surface area contributed by atoms with Crippen LogP contribution in [0.4, 0.5) is 5.69 Å². The van der Waals surface area contributed by atoms with Gasteiger partial charge in [0.05, 0.1) is 27.0 Å². The molecule has 4 nitrogen and oxygen atoms in total.